The van der Waals surface area contributed by atoms with Gasteiger partial charge in [-0.3, -0.25) is 9.69 Å². The van der Waals surface area contributed by atoms with Gasteiger partial charge in [-0.05, 0) is 35.2 Å². The van der Waals surface area contributed by atoms with Crippen molar-refractivity contribution in [3.8, 4) is 0 Å². The average molecular weight is 565 g/mol. The van der Waals surface area contributed by atoms with Crippen LogP contribution < -0.4 is 5.32 Å². The quantitative estimate of drug-likeness (QED) is 0.249. The summed E-state index contributed by atoms with van der Waals surface area (Å²) < 4.78 is 14.2. The SMILES string of the molecule is O=C(CCN(CCc1ccccc1)C(=O)Nc1ccccc1F)N1CCN(C(c2ccccc2)c2ccccc2)CC1. The predicted octanol–water partition coefficient (Wildman–Crippen LogP) is 6.23. The lowest BCUT2D eigenvalue weighted by Crippen LogP contribution is -2.50. The number of carbonyl (C=O) groups is 2. The van der Waals surface area contributed by atoms with Gasteiger partial charge in [-0.1, -0.05) is 103 Å². The number of rotatable bonds is 10. The van der Waals surface area contributed by atoms with Crippen molar-refractivity contribution < 1.29 is 14.0 Å². The predicted molar refractivity (Wildman–Crippen MR) is 165 cm³/mol. The third-order valence-corrected chi connectivity index (χ3v) is 7.77. The number of nitrogens with one attached hydrogen (secondary N) is 1. The molecule has 0 saturated carbocycles. The molecule has 1 N–H and O–H groups in total. The second kappa shape index (κ2) is 14.4. The first-order valence-electron chi connectivity index (χ1n) is 14.5. The summed E-state index contributed by atoms with van der Waals surface area (Å²) in [5, 5.41) is 2.68. The molecular formula is C35H37FN4O2. The van der Waals surface area contributed by atoms with Gasteiger partial charge >= 0.3 is 6.03 Å². The molecule has 216 valence electrons. The zero-order valence-corrected chi connectivity index (χ0v) is 23.7. The van der Waals surface area contributed by atoms with E-state index in [2.05, 4.69) is 58.7 Å². The minimum absolute atomic E-state index is 0.0222. The van der Waals surface area contributed by atoms with Crippen molar-refractivity contribution in [1.29, 1.82) is 0 Å². The number of anilines is 1. The Morgan fingerprint density at radius 3 is 1.86 bits per heavy atom. The first kappa shape index (κ1) is 29.0. The topological polar surface area (TPSA) is 55.9 Å². The molecule has 42 heavy (non-hydrogen) atoms. The molecule has 1 aliphatic heterocycles. The van der Waals surface area contributed by atoms with Crippen molar-refractivity contribution >= 4 is 17.6 Å². The monoisotopic (exact) mass is 564 g/mol. The van der Waals surface area contributed by atoms with Crippen molar-refractivity contribution in [2.24, 2.45) is 0 Å². The number of piperazine rings is 1. The minimum atomic E-state index is -0.493. The first-order chi connectivity index (χ1) is 20.6. The molecule has 4 aromatic rings. The van der Waals surface area contributed by atoms with E-state index in [1.807, 2.05) is 47.4 Å². The van der Waals surface area contributed by atoms with Gasteiger partial charge in [-0.2, -0.15) is 0 Å². The second-order valence-corrected chi connectivity index (χ2v) is 10.5. The van der Waals surface area contributed by atoms with Crippen molar-refractivity contribution in [1.82, 2.24) is 14.7 Å². The van der Waals surface area contributed by atoms with Gasteiger partial charge in [-0.25, -0.2) is 9.18 Å². The number of urea groups is 1. The molecule has 3 amide bonds. The summed E-state index contributed by atoms with van der Waals surface area (Å²) in [5.74, 6) is -0.471. The molecule has 7 heteroatoms. The summed E-state index contributed by atoms with van der Waals surface area (Å²) in [6.45, 7) is 3.43. The van der Waals surface area contributed by atoms with Crippen LogP contribution in [-0.4, -0.2) is 65.9 Å². The number of amides is 3. The molecular weight excluding hydrogens is 527 g/mol. The number of benzene rings is 4. The molecule has 4 aromatic carbocycles. The maximum atomic E-state index is 14.2. The van der Waals surface area contributed by atoms with E-state index in [1.54, 1.807) is 17.0 Å². The first-order valence-corrected chi connectivity index (χ1v) is 14.5. The van der Waals surface area contributed by atoms with E-state index in [0.29, 0.717) is 26.1 Å². The Morgan fingerprint density at radius 2 is 1.26 bits per heavy atom. The highest BCUT2D eigenvalue weighted by atomic mass is 19.1. The lowest BCUT2D eigenvalue weighted by molar-refractivity contribution is -0.133. The van der Waals surface area contributed by atoms with Crippen LogP contribution in [0.3, 0.4) is 0 Å². The molecule has 0 bridgehead atoms. The van der Waals surface area contributed by atoms with Crippen molar-refractivity contribution in [2.75, 3.05) is 44.6 Å². The molecule has 1 fully saturated rings. The molecule has 6 nitrogen and oxygen atoms in total. The molecule has 0 radical (unpaired) electrons. The number of halogens is 1. The number of carbonyl (C=O) groups excluding carboxylic acids is 2. The van der Waals surface area contributed by atoms with E-state index < -0.39 is 11.8 Å². The highest BCUT2D eigenvalue weighted by Gasteiger charge is 2.28. The number of para-hydroxylation sites is 1. The van der Waals surface area contributed by atoms with Crippen LogP contribution in [0.5, 0.6) is 0 Å². The minimum Gasteiger partial charge on any atom is -0.340 e. The van der Waals surface area contributed by atoms with Gasteiger partial charge in [0.2, 0.25) is 5.91 Å². The summed E-state index contributed by atoms with van der Waals surface area (Å²) in [4.78, 5) is 32.4. The zero-order chi connectivity index (χ0) is 29.1. The molecule has 1 aliphatic rings. The van der Waals surface area contributed by atoms with E-state index in [9.17, 15) is 14.0 Å². The summed E-state index contributed by atoms with van der Waals surface area (Å²) in [5.41, 5.74) is 3.69. The molecule has 1 heterocycles. The highest BCUT2D eigenvalue weighted by molar-refractivity contribution is 5.89. The van der Waals surface area contributed by atoms with Crippen LogP contribution >= 0.6 is 0 Å². The van der Waals surface area contributed by atoms with Crippen LogP contribution in [0.2, 0.25) is 0 Å². The Bertz CT molecular complexity index is 1390. The Balaban J connectivity index is 1.20. The third-order valence-electron chi connectivity index (χ3n) is 7.77. The van der Waals surface area contributed by atoms with E-state index in [0.717, 1.165) is 18.7 Å². The van der Waals surface area contributed by atoms with Crippen molar-refractivity contribution in [3.63, 3.8) is 0 Å². The lowest BCUT2D eigenvalue weighted by atomic mass is 9.96. The standard InChI is InChI=1S/C35H37FN4O2/c36-31-18-10-11-19-32(31)37-35(42)40(22-20-28-12-4-1-5-13-28)23-21-33(41)38-24-26-39(27-25-38)34(29-14-6-2-7-15-29)30-16-8-3-9-17-30/h1-19,34H,20-27H2,(H,37,42). The second-order valence-electron chi connectivity index (χ2n) is 10.5. The molecule has 0 spiro atoms. The Morgan fingerprint density at radius 1 is 0.714 bits per heavy atom. The highest BCUT2D eigenvalue weighted by Crippen LogP contribution is 2.29. The molecule has 0 unspecified atom stereocenters. The Kier molecular flexibility index (Phi) is 9.96. The van der Waals surface area contributed by atoms with Crippen molar-refractivity contribution in [2.45, 2.75) is 18.9 Å². The van der Waals surface area contributed by atoms with Crippen LogP contribution in [0.4, 0.5) is 14.9 Å². The summed E-state index contributed by atoms with van der Waals surface area (Å²) >= 11 is 0. The van der Waals surface area contributed by atoms with Crippen LogP contribution in [0, 0.1) is 5.82 Å². The Labute approximate surface area is 247 Å². The fourth-order valence-electron chi connectivity index (χ4n) is 5.48. The molecule has 0 aliphatic carbocycles. The van der Waals surface area contributed by atoms with Crippen LogP contribution in [0.25, 0.3) is 0 Å². The summed E-state index contributed by atoms with van der Waals surface area (Å²) in [6.07, 6.45) is 0.846. The van der Waals surface area contributed by atoms with E-state index in [4.69, 9.17) is 0 Å². The summed E-state index contributed by atoms with van der Waals surface area (Å²) in [6, 6.07) is 36.7. The maximum Gasteiger partial charge on any atom is 0.321 e. The average Bonchev–Trinajstić information content (AvgIpc) is 3.04. The normalized spacial score (nSPS) is 13.6. The van der Waals surface area contributed by atoms with Crippen LogP contribution in [0.15, 0.2) is 115 Å². The van der Waals surface area contributed by atoms with E-state index in [-0.39, 0.29) is 30.6 Å². The smallest absolute Gasteiger partial charge is 0.321 e. The van der Waals surface area contributed by atoms with Crippen LogP contribution in [0.1, 0.15) is 29.2 Å². The molecule has 0 atom stereocenters. The maximum absolute atomic E-state index is 14.2. The van der Waals surface area contributed by atoms with Gasteiger partial charge in [0.25, 0.3) is 0 Å². The fraction of sp³-hybridized carbons (Fsp3) is 0.257. The van der Waals surface area contributed by atoms with E-state index >= 15 is 0 Å². The number of hydrogen-bond acceptors (Lipinski definition) is 3. The molecule has 1 saturated heterocycles. The molecule has 5 rings (SSSR count). The summed E-state index contributed by atoms with van der Waals surface area (Å²) in [7, 11) is 0. The molecule has 0 aromatic heterocycles. The number of nitrogens with zero attached hydrogens (tertiary/aromatic N) is 3. The zero-order valence-electron chi connectivity index (χ0n) is 23.7. The van der Waals surface area contributed by atoms with Gasteiger partial charge in [-0.15, -0.1) is 0 Å². The lowest BCUT2D eigenvalue weighted by Gasteiger charge is -2.40. The number of hydrogen-bond donors (Lipinski definition) is 1. The van der Waals surface area contributed by atoms with Gasteiger partial charge in [0.15, 0.2) is 0 Å². The fourth-order valence-corrected chi connectivity index (χ4v) is 5.48. The Hall–Kier alpha value is -4.49. The largest absolute Gasteiger partial charge is 0.340 e. The van der Waals surface area contributed by atoms with Gasteiger partial charge in [0.1, 0.15) is 5.82 Å². The third kappa shape index (κ3) is 7.62. The van der Waals surface area contributed by atoms with Gasteiger partial charge in [0.05, 0.1) is 11.7 Å². The van der Waals surface area contributed by atoms with Gasteiger partial charge in [0, 0.05) is 45.7 Å². The van der Waals surface area contributed by atoms with Gasteiger partial charge < -0.3 is 15.1 Å². The van der Waals surface area contributed by atoms with Crippen molar-refractivity contribution in [3.05, 3.63) is 138 Å². The van der Waals surface area contributed by atoms with E-state index in [1.165, 1.54) is 23.3 Å². The van der Waals surface area contributed by atoms with Crippen LogP contribution in [-0.2, 0) is 11.2 Å².